The number of ether oxygens (including phenoxy) is 2. The second kappa shape index (κ2) is 4.68. The molecule has 0 unspecified atom stereocenters. The zero-order valence-corrected chi connectivity index (χ0v) is 10.3. The van der Waals surface area contributed by atoms with Crippen molar-refractivity contribution < 1.29 is 14.3 Å². The Bertz CT molecular complexity index is 467. The molecule has 0 saturated heterocycles. The molecule has 16 heavy (non-hydrogen) atoms. The largest absolute Gasteiger partial charge is 0.454 e. The van der Waals surface area contributed by atoms with E-state index in [1.54, 1.807) is 6.08 Å². The number of hydrogen-bond acceptors (Lipinski definition) is 4. The molecular formula is C11H10BrNO3. The molecule has 2 rings (SSSR count). The van der Waals surface area contributed by atoms with Crippen LogP contribution in [0, 0.1) is 0 Å². The van der Waals surface area contributed by atoms with Gasteiger partial charge in [-0.15, -0.1) is 0 Å². The molecule has 1 aliphatic rings. The lowest BCUT2D eigenvalue weighted by Gasteiger charge is -2.10. The first kappa shape index (κ1) is 11.2. The predicted molar refractivity (Wildman–Crippen MR) is 61.5 cm³/mol. The molecular weight excluding hydrogens is 274 g/mol. The summed E-state index contributed by atoms with van der Waals surface area (Å²) in [5, 5.41) is 0. The molecule has 0 aromatic heterocycles. The minimum Gasteiger partial charge on any atom is -0.454 e. The smallest absolute Gasteiger partial charge is 0.235 e. The normalized spacial score (nSPS) is 12.4. The number of rotatable bonds is 3. The summed E-state index contributed by atoms with van der Waals surface area (Å²) in [6.45, 7) is 2.59. The molecule has 0 amide bonds. The highest BCUT2D eigenvalue weighted by molar-refractivity contribution is 9.10. The van der Waals surface area contributed by atoms with E-state index in [1.807, 2.05) is 13.0 Å². The maximum atomic E-state index is 10.1. The lowest BCUT2D eigenvalue weighted by Crippen LogP contribution is -1.94. The second-order valence-corrected chi connectivity index (χ2v) is 4.12. The fourth-order valence-electron chi connectivity index (χ4n) is 1.73. The molecule has 1 aromatic carbocycles. The van der Waals surface area contributed by atoms with Crippen LogP contribution in [-0.4, -0.2) is 12.9 Å². The number of nitrogens with zero attached hydrogens (tertiary/aromatic N) is 1. The van der Waals surface area contributed by atoms with E-state index < -0.39 is 0 Å². The van der Waals surface area contributed by atoms with Crippen molar-refractivity contribution in [2.75, 3.05) is 6.79 Å². The summed E-state index contributed by atoms with van der Waals surface area (Å²) in [6, 6.07) is 1.87. The van der Waals surface area contributed by atoms with Gasteiger partial charge in [0.25, 0.3) is 0 Å². The number of isocyanates is 1. The summed E-state index contributed by atoms with van der Waals surface area (Å²) < 4.78 is 11.6. The summed E-state index contributed by atoms with van der Waals surface area (Å²) in [5.74, 6) is 1.43. The first-order valence-electron chi connectivity index (χ1n) is 4.91. The summed E-state index contributed by atoms with van der Waals surface area (Å²) >= 11 is 3.49. The molecule has 0 spiro atoms. The van der Waals surface area contributed by atoms with Gasteiger partial charge in [-0.1, -0.05) is 6.92 Å². The van der Waals surface area contributed by atoms with Gasteiger partial charge in [0.2, 0.25) is 12.9 Å². The first-order chi connectivity index (χ1) is 7.77. The van der Waals surface area contributed by atoms with E-state index in [0.29, 0.717) is 12.3 Å². The van der Waals surface area contributed by atoms with Crippen LogP contribution >= 0.6 is 15.9 Å². The molecule has 0 radical (unpaired) electrons. The molecule has 0 atom stereocenters. The van der Waals surface area contributed by atoms with Crippen molar-refractivity contribution >= 4 is 22.0 Å². The van der Waals surface area contributed by atoms with Gasteiger partial charge in [0.05, 0.1) is 11.0 Å². The molecule has 1 aliphatic heterocycles. The van der Waals surface area contributed by atoms with Gasteiger partial charge >= 0.3 is 0 Å². The Morgan fingerprint density at radius 2 is 2.38 bits per heavy atom. The van der Waals surface area contributed by atoms with E-state index in [-0.39, 0.29) is 6.79 Å². The number of benzene rings is 1. The van der Waals surface area contributed by atoms with Crippen LogP contribution in [0.5, 0.6) is 11.5 Å². The lowest BCUT2D eigenvalue weighted by molar-refractivity contribution is 0.173. The van der Waals surface area contributed by atoms with E-state index in [0.717, 1.165) is 27.8 Å². The van der Waals surface area contributed by atoms with Crippen LogP contribution in [-0.2, 0) is 17.8 Å². The number of aliphatic imine (C=N–C) groups is 1. The molecule has 0 N–H and O–H groups in total. The molecule has 0 fully saturated rings. The van der Waals surface area contributed by atoms with Crippen molar-refractivity contribution in [3.8, 4) is 11.5 Å². The molecule has 1 aromatic rings. The van der Waals surface area contributed by atoms with Crippen molar-refractivity contribution in [1.29, 1.82) is 0 Å². The van der Waals surface area contributed by atoms with Crippen LogP contribution in [0.15, 0.2) is 15.5 Å². The second-order valence-electron chi connectivity index (χ2n) is 3.32. The first-order valence-corrected chi connectivity index (χ1v) is 5.70. The number of carbonyl (C=O) groups excluding carboxylic acids is 1. The SMILES string of the molecule is CCc1c(CN=C=O)cc2c(c1Br)OCO2. The zero-order valence-electron chi connectivity index (χ0n) is 8.75. The average Bonchev–Trinajstić information content (AvgIpc) is 2.75. The Morgan fingerprint density at radius 3 is 3.06 bits per heavy atom. The van der Waals surface area contributed by atoms with E-state index in [9.17, 15) is 4.79 Å². The fraction of sp³-hybridized carbons (Fsp3) is 0.364. The van der Waals surface area contributed by atoms with Crippen molar-refractivity contribution in [3.05, 3.63) is 21.7 Å². The lowest BCUT2D eigenvalue weighted by atomic mass is 10.0. The maximum absolute atomic E-state index is 10.1. The molecule has 84 valence electrons. The van der Waals surface area contributed by atoms with Gasteiger partial charge in [0.15, 0.2) is 11.5 Å². The summed E-state index contributed by atoms with van der Waals surface area (Å²) in [4.78, 5) is 13.7. The summed E-state index contributed by atoms with van der Waals surface area (Å²) in [6.07, 6.45) is 2.38. The fourth-order valence-corrected chi connectivity index (χ4v) is 2.58. The van der Waals surface area contributed by atoms with E-state index in [2.05, 4.69) is 20.9 Å². The Morgan fingerprint density at radius 1 is 1.56 bits per heavy atom. The maximum Gasteiger partial charge on any atom is 0.235 e. The average molecular weight is 284 g/mol. The van der Waals surface area contributed by atoms with Crippen LogP contribution < -0.4 is 9.47 Å². The van der Waals surface area contributed by atoms with Crippen molar-refractivity contribution in [2.45, 2.75) is 19.9 Å². The van der Waals surface area contributed by atoms with Crippen molar-refractivity contribution in [3.63, 3.8) is 0 Å². The molecule has 5 heteroatoms. The predicted octanol–water partition coefficient (Wildman–Crippen LogP) is 2.58. The van der Waals surface area contributed by atoms with Crippen molar-refractivity contribution in [1.82, 2.24) is 0 Å². The number of halogens is 1. The third-order valence-electron chi connectivity index (χ3n) is 2.47. The van der Waals surface area contributed by atoms with E-state index in [1.165, 1.54) is 0 Å². The monoisotopic (exact) mass is 283 g/mol. The van der Waals surface area contributed by atoms with Crippen LogP contribution in [0.1, 0.15) is 18.1 Å². The summed E-state index contributed by atoms with van der Waals surface area (Å²) in [7, 11) is 0. The van der Waals surface area contributed by atoms with Crippen LogP contribution in [0.25, 0.3) is 0 Å². The third-order valence-corrected chi connectivity index (χ3v) is 3.30. The molecule has 0 saturated carbocycles. The standard InChI is InChI=1S/C11H10BrNO3/c1-2-8-7(4-13-5-14)3-9-11(10(8)12)16-6-15-9/h3H,2,4,6H2,1H3. The highest BCUT2D eigenvalue weighted by Gasteiger charge is 2.21. The molecule has 4 nitrogen and oxygen atoms in total. The van der Waals surface area contributed by atoms with Gasteiger partial charge in [-0.25, -0.2) is 9.79 Å². The number of fused-ring (bicyclic) bond motifs is 1. The third kappa shape index (κ3) is 1.84. The van der Waals surface area contributed by atoms with E-state index in [4.69, 9.17) is 9.47 Å². The Balaban J connectivity index is 2.51. The Hall–Kier alpha value is -1.32. The minimum absolute atomic E-state index is 0.234. The van der Waals surface area contributed by atoms with Gasteiger partial charge in [0, 0.05) is 0 Å². The molecule has 1 heterocycles. The Labute approximate surface area is 101 Å². The summed E-state index contributed by atoms with van der Waals surface area (Å²) in [5.41, 5.74) is 2.05. The Kier molecular flexibility index (Phi) is 3.27. The zero-order chi connectivity index (χ0) is 11.5. The van der Waals surface area contributed by atoms with Gasteiger partial charge in [0.1, 0.15) is 0 Å². The molecule has 0 aliphatic carbocycles. The van der Waals surface area contributed by atoms with Gasteiger partial charge in [-0.2, -0.15) is 0 Å². The van der Waals surface area contributed by atoms with Crippen LogP contribution in [0.2, 0.25) is 0 Å². The quantitative estimate of drug-likeness (QED) is 0.633. The van der Waals surface area contributed by atoms with Crippen molar-refractivity contribution in [2.24, 2.45) is 4.99 Å². The highest BCUT2D eigenvalue weighted by Crippen LogP contribution is 2.43. The van der Waals surface area contributed by atoms with Crippen LogP contribution in [0.3, 0.4) is 0 Å². The minimum atomic E-state index is 0.234. The van der Waals surface area contributed by atoms with Gasteiger partial charge in [-0.3, -0.25) is 0 Å². The van der Waals surface area contributed by atoms with Gasteiger partial charge < -0.3 is 9.47 Å². The van der Waals surface area contributed by atoms with E-state index >= 15 is 0 Å². The highest BCUT2D eigenvalue weighted by atomic mass is 79.9. The van der Waals surface area contributed by atoms with Gasteiger partial charge in [-0.05, 0) is 39.5 Å². The topological polar surface area (TPSA) is 47.9 Å². The number of hydrogen-bond donors (Lipinski definition) is 0. The molecule has 0 bridgehead atoms. The van der Waals surface area contributed by atoms with Crippen LogP contribution in [0.4, 0.5) is 0 Å².